The minimum absolute atomic E-state index is 0.209. The lowest BCUT2D eigenvalue weighted by Gasteiger charge is -2.35. The number of carbonyl (C=O) groups is 2. The molecular formula is C19H23FN4O3. The lowest BCUT2D eigenvalue weighted by molar-refractivity contribution is -0.132. The van der Waals surface area contributed by atoms with E-state index in [-0.39, 0.29) is 18.4 Å². The van der Waals surface area contributed by atoms with Crippen LogP contribution in [0.4, 0.5) is 4.39 Å². The Labute approximate surface area is 157 Å². The summed E-state index contributed by atoms with van der Waals surface area (Å²) in [4.78, 5) is 26.8. The molecule has 2 atom stereocenters. The van der Waals surface area contributed by atoms with E-state index >= 15 is 0 Å². The molecule has 1 N–H and O–H groups in total. The smallest absolute Gasteiger partial charge is 0.281 e. The summed E-state index contributed by atoms with van der Waals surface area (Å²) in [5.41, 5.74) is 1.95. The molecule has 0 saturated carbocycles. The maximum atomic E-state index is 13.7. The molecule has 1 fully saturated rings. The van der Waals surface area contributed by atoms with Crippen molar-refractivity contribution in [1.82, 2.24) is 10.2 Å². The van der Waals surface area contributed by atoms with Crippen molar-refractivity contribution in [3.05, 3.63) is 46.9 Å². The van der Waals surface area contributed by atoms with Crippen molar-refractivity contribution in [2.75, 3.05) is 32.8 Å². The Morgan fingerprint density at radius 1 is 1.33 bits per heavy atom. The number of allylic oxidation sites excluding steroid dienone is 1. The summed E-state index contributed by atoms with van der Waals surface area (Å²) in [5, 5.41) is 10.2. The number of morpholine rings is 1. The monoisotopic (exact) mass is 374 g/mol. The Morgan fingerprint density at radius 2 is 2.07 bits per heavy atom. The number of azo groups is 1. The number of hydrogen-bond acceptors (Lipinski definition) is 5. The third-order valence-electron chi connectivity index (χ3n) is 5.00. The van der Waals surface area contributed by atoms with E-state index < -0.39 is 17.7 Å². The first-order valence-corrected chi connectivity index (χ1v) is 8.95. The molecule has 0 aromatic heterocycles. The highest BCUT2D eigenvalue weighted by atomic mass is 19.1. The van der Waals surface area contributed by atoms with Crippen molar-refractivity contribution in [3.63, 3.8) is 0 Å². The highest BCUT2D eigenvalue weighted by Crippen LogP contribution is 2.25. The fraction of sp³-hybridized carbons (Fsp3) is 0.474. The van der Waals surface area contributed by atoms with Crippen LogP contribution in [0.2, 0.25) is 0 Å². The second-order valence-electron chi connectivity index (χ2n) is 6.70. The van der Waals surface area contributed by atoms with Crippen molar-refractivity contribution in [1.29, 1.82) is 0 Å². The van der Waals surface area contributed by atoms with Crippen LogP contribution in [0, 0.1) is 11.7 Å². The number of amides is 2. The first-order chi connectivity index (χ1) is 13.0. The van der Waals surface area contributed by atoms with Gasteiger partial charge in [0.05, 0.1) is 25.0 Å². The molecule has 7 nitrogen and oxygen atoms in total. The molecule has 2 unspecified atom stereocenters. The van der Waals surface area contributed by atoms with Crippen LogP contribution in [-0.4, -0.2) is 49.6 Å². The molecule has 0 bridgehead atoms. The van der Waals surface area contributed by atoms with E-state index in [0.29, 0.717) is 37.6 Å². The number of nitrogens with one attached hydrogen (secondary N) is 1. The minimum Gasteiger partial charge on any atom is -0.379 e. The van der Waals surface area contributed by atoms with Gasteiger partial charge in [-0.2, -0.15) is 5.11 Å². The Bertz CT molecular complexity index is 787. The molecule has 0 spiro atoms. The van der Waals surface area contributed by atoms with Gasteiger partial charge in [0.25, 0.3) is 5.91 Å². The summed E-state index contributed by atoms with van der Waals surface area (Å²) in [5.74, 6) is -2.26. The predicted molar refractivity (Wildman–Crippen MR) is 96.3 cm³/mol. The molecule has 1 saturated heterocycles. The summed E-state index contributed by atoms with van der Waals surface area (Å²) in [6.45, 7) is 6.23. The number of ether oxygens (including phenoxy) is 1. The highest BCUT2D eigenvalue weighted by molar-refractivity contribution is 6.04. The van der Waals surface area contributed by atoms with Gasteiger partial charge in [-0.05, 0) is 37.1 Å². The van der Waals surface area contributed by atoms with Crippen LogP contribution in [0.3, 0.4) is 0 Å². The van der Waals surface area contributed by atoms with Crippen LogP contribution in [0.5, 0.6) is 0 Å². The van der Waals surface area contributed by atoms with Gasteiger partial charge in [0.2, 0.25) is 5.91 Å². The summed E-state index contributed by atoms with van der Waals surface area (Å²) in [6.07, 6.45) is 0. The molecule has 0 radical (unpaired) electrons. The fourth-order valence-electron chi connectivity index (χ4n) is 3.32. The minimum atomic E-state index is -0.958. The van der Waals surface area contributed by atoms with Gasteiger partial charge in [0, 0.05) is 19.6 Å². The predicted octanol–water partition coefficient (Wildman–Crippen LogP) is 2.22. The van der Waals surface area contributed by atoms with Crippen molar-refractivity contribution in [2.24, 2.45) is 16.1 Å². The summed E-state index contributed by atoms with van der Waals surface area (Å²) in [6, 6.07) is 6.15. The number of benzene rings is 1. The van der Waals surface area contributed by atoms with Crippen LogP contribution in [0.25, 0.3) is 0 Å². The average Bonchev–Trinajstić information content (AvgIpc) is 2.66. The lowest BCUT2D eigenvalue weighted by atomic mass is 9.96. The molecule has 8 heteroatoms. The van der Waals surface area contributed by atoms with E-state index in [4.69, 9.17) is 4.74 Å². The van der Waals surface area contributed by atoms with Crippen LogP contribution in [-0.2, 0) is 14.3 Å². The van der Waals surface area contributed by atoms with Gasteiger partial charge in [-0.1, -0.05) is 12.1 Å². The normalized spacial score (nSPS) is 22.0. The molecule has 2 aliphatic heterocycles. The van der Waals surface area contributed by atoms with Crippen LogP contribution >= 0.6 is 0 Å². The maximum absolute atomic E-state index is 13.7. The molecule has 27 heavy (non-hydrogen) atoms. The van der Waals surface area contributed by atoms with Gasteiger partial charge in [-0.25, -0.2) is 4.39 Å². The second-order valence-corrected chi connectivity index (χ2v) is 6.70. The summed E-state index contributed by atoms with van der Waals surface area (Å²) >= 11 is 0. The zero-order valence-electron chi connectivity index (χ0n) is 15.4. The Hall–Kier alpha value is -2.45. The summed E-state index contributed by atoms with van der Waals surface area (Å²) < 4.78 is 19.1. The van der Waals surface area contributed by atoms with Gasteiger partial charge in [0.1, 0.15) is 11.7 Å². The Balaban J connectivity index is 1.75. The number of nitrogens with zero attached hydrogens (tertiary/aromatic N) is 3. The SMILES string of the molecule is CC1=C(C)C(C(=O)NCC(c2cccc(F)c2)N2CCOCC2)C(=O)N=N1. The number of carbonyl (C=O) groups excluding carboxylic acids is 2. The maximum Gasteiger partial charge on any atom is 0.281 e. The Kier molecular flexibility index (Phi) is 6.08. The zero-order chi connectivity index (χ0) is 19.4. The van der Waals surface area contributed by atoms with Gasteiger partial charge in [-0.15, -0.1) is 5.11 Å². The van der Waals surface area contributed by atoms with E-state index in [0.717, 1.165) is 5.56 Å². The first kappa shape index (κ1) is 19.3. The second kappa shape index (κ2) is 8.49. The van der Waals surface area contributed by atoms with Crippen LogP contribution in [0.15, 0.2) is 45.8 Å². The summed E-state index contributed by atoms with van der Waals surface area (Å²) in [7, 11) is 0. The van der Waals surface area contributed by atoms with Crippen molar-refractivity contribution in [3.8, 4) is 0 Å². The topological polar surface area (TPSA) is 83.4 Å². The number of rotatable bonds is 5. The van der Waals surface area contributed by atoms with E-state index in [1.54, 1.807) is 19.9 Å². The van der Waals surface area contributed by atoms with E-state index in [2.05, 4.69) is 20.4 Å². The van der Waals surface area contributed by atoms with Crippen LogP contribution in [0.1, 0.15) is 25.5 Å². The molecule has 1 aromatic rings. The van der Waals surface area contributed by atoms with Gasteiger partial charge in [0.15, 0.2) is 0 Å². The molecule has 2 amide bonds. The first-order valence-electron chi connectivity index (χ1n) is 8.95. The Morgan fingerprint density at radius 3 is 2.78 bits per heavy atom. The van der Waals surface area contributed by atoms with E-state index in [9.17, 15) is 14.0 Å². The third kappa shape index (κ3) is 4.45. The highest BCUT2D eigenvalue weighted by Gasteiger charge is 2.33. The van der Waals surface area contributed by atoms with E-state index in [1.165, 1.54) is 12.1 Å². The molecule has 3 rings (SSSR count). The van der Waals surface area contributed by atoms with Crippen molar-refractivity contribution < 1.29 is 18.7 Å². The lowest BCUT2D eigenvalue weighted by Crippen LogP contribution is -2.45. The van der Waals surface area contributed by atoms with Crippen molar-refractivity contribution in [2.45, 2.75) is 19.9 Å². The third-order valence-corrected chi connectivity index (χ3v) is 5.00. The van der Waals surface area contributed by atoms with Gasteiger partial charge in [-0.3, -0.25) is 14.5 Å². The van der Waals surface area contributed by atoms with Crippen molar-refractivity contribution >= 4 is 11.8 Å². The fourth-order valence-corrected chi connectivity index (χ4v) is 3.32. The molecule has 0 aliphatic carbocycles. The molecule has 144 valence electrons. The van der Waals surface area contributed by atoms with Gasteiger partial charge >= 0.3 is 0 Å². The average molecular weight is 374 g/mol. The number of hydrogen-bond donors (Lipinski definition) is 1. The van der Waals surface area contributed by atoms with Crippen LogP contribution < -0.4 is 5.32 Å². The molecule has 1 aromatic carbocycles. The molecular weight excluding hydrogens is 351 g/mol. The molecule has 2 aliphatic rings. The number of halogens is 1. The zero-order valence-corrected chi connectivity index (χ0v) is 15.4. The van der Waals surface area contributed by atoms with Gasteiger partial charge < -0.3 is 10.1 Å². The molecule has 2 heterocycles. The standard InChI is InChI=1S/C19H23FN4O3/c1-12-13(2)22-23-19(26)17(12)18(25)21-11-16(24-6-8-27-9-7-24)14-4-3-5-15(20)10-14/h3-5,10,16-17H,6-9,11H2,1-2H3,(H,21,25). The quantitative estimate of drug-likeness (QED) is 0.801. The largest absolute Gasteiger partial charge is 0.379 e. The van der Waals surface area contributed by atoms with E-state index in [1.807, 2.05) is 6.07 Å².